The molecule has 4 aromatic rings. The van der Waals surface area contributed by atoms with Gasteiger partial charge in [-0.3, -0.25) is 38.8 Å². The average molecular weight is 1360 g/mol. The molecule has 0 radical (unpaired) electrons. The van der Waals surface area contributed by atoms with Crippen molar-refractivity contribution in [2.75, 3.05) is 109 Å². The maximum atomic E-state index is 14.0. The number of fused-ring (bicyclic) bond motifs is 12. The molecule has 0 aliphatic carbocycles. The maximum absolute atomic E-state index is 14.0. The first-order valence-electron chi connectivity index (χ1n) is 59.8. The first-order chi connectivity index (χ1) is 68.9. The van der Waals surface area contributed by atoms with Gasteiger partial charge in [-0.1, -0.05) is 68.0 Å². The van der Waals surface area contributed by atoms with Crippen molar-refractivity contribution in [3.8, 4) is 46.0 Å². The summed E-state index contributed by atoms with van der Waals surface area (Å²) in [7, 11) is -8.67. The SMILES string of the molecule is [2H]C([2H])([2H])Oc1cc2c(cc1OC)C([2H])([2H])C([2H])([2H])N1CC([2H])(CC(C)C)C(=O)C([2H])([2H])C21[2H].[2H]c1c(OC([2H])([2H])[2H])c(OC)c([2H])c2c1C1([2H])CC(=O)C(C([2H])([2H])C([2H])(C([2H])([2H])[2H])C([2H])([2H])C)CN1C([2H])([2H])C2([2H])[2H].[2H]c1c(OC([2H])([2H])[2H])c(OC)c([2H])c2c1C1([2H])CC(=O)C(CC(C)C)C([2H])([2H])N1C([2H])([2H])C2([2H])[2H].[2H]c1c(OC)c(OC([2H])([2H])[2H])c([2H])c2c1C([2H])([2H])C([2H])([2H])N1CC([2H])(C([2H])([2H])C([2H])(C([2H])([2H])[2H])C([2H])([2H])C)C(=O)C([2H])([2H])C21[2H]. The zero-order valence-corrected chi connectivity index (χ0v) is 52.6. The Balaban J connectivity index is 0.000000231. The Bertz CT molecular complexity index is 6190. The first kappa shape index (κ1) is 26.6. The normalized spacial score (nSPS) is 47.0. The summed E-state index contributed by atoms with van der Waals surface area (Å²) in [4.78, 5) is 55.1. The van der Waals surface area contributed by atoms with Crippen LogP contribution in [0.25, 0.3) is 0 Å². The van der Waals surface area contributed by atoms with E-state index in [2.05, 4.69) is 0 Å². The van der Waals surface area contributed by atoms with Gasteiger partial charge in [-0.25, -0.2) is 0 Å². The van der Waals surface area contributed by atoms with Crippen LogP contribution in [-0.4, -0.2) is 151 Å². The standard InChI is InChI=1S/2C20H29NO3.2C19H27NO3/c2*1-5-13(2)8-15-12-21-7-6-14-9-19(23-3)20(24-4)10-16(14)17(21)11-18(15)22;2*1-12(2)7-14-11-20-6-5-13-8-18(22-3)19(23-4)9-15(13)16(20)10-17(14)21/h2*9-10,13,15,17H,5-8,11-12H2,1-4H3;2*8-9,12,14,16H,5-7,10-11H2,1-4H3/i2D3,4D3,5D2,6D2,7D2,8D2,9D,10D,11D2,13D,15D,17D;2D3,4D3,5D2,6D2,7D2,8D2,9D,10D,13D,17D;4D3,5D2,6D2,8D,9D,11D2,16D;4D3,5D2,6D2,10D2,14D,16D. The molecule has 16 nitrogen and oxygen atoms in total. The first-order valence-corrected chi connectivity index (χ1v) is 28.8. The third-order valence-corrected chi connectivity index (χ3v) is 14.9. The summed E-state index contributed by atoms with van der Waals surface area (Å²) >= 11 is 0. The Morgan fingerprint density at radius 3 is 1.37 bits per heavy atom. The minimum absolute atomic E-state index is 0.0117. The molecule has 8 aliphatic rings. The van der Waals surface area contributed by atoms with Crippen LogP contribution in [0.3, 0.4) is 0 Å². The van der Waals surface area contributed by atoms with E-state index >= 15 is 0 Å². The highest BCUT2D eigenvalue weighted by molar-refractivity contribution is 5.85. The minimum atomic E-state index is -4.22. The van der Waals surface area contributed by atoms with Crippen molar-refractivity contribution >= 4 is 23.1 Å². The van der Waals surface area contributed by atoms with Crippen molar-refractivity contribution in [3.63, 3.8) is 0 Å². The maximum Gasteiger partial charge on any atom is 0.161 e. The fourth-order valence-electron chi connectivity index (χ4n) is 10.4. The van der Waals surface area contributed by atoms with Crippen LogP contribution in [0.5, 0.6) is 46.0 Å². The van der Waals surface area contributed by atoms with Crippen molar-refractivity contribution in [2.45, 2.75) is 169 Å². The molecule has 12 rings (SSSR count). The molecule has 4 fully saturated rings. The van der Waals surface area contributed by atoms with Crippen LogP contribution in [0, 0.1) is 47.2 Å². The fraction of sp³-hybridized carbons (Fsp3) is 0.641. The second-order valence-electron chi connectivity index (χ2n) is 22.0. The lowest BCUT2D eigenvalue weighted by atomic mass is 9.79. The summed E-state index contributed by atoms with van der Waals surface area (Å²) in [5.41, 5.74) is -6.70. The number of aryl methyl sites for hydroxylation is 1. The van der Waals surface area contributed by atoms with Crippen molar-refractivity contribution in [2.24, 2.45) is 47.2 Å². The van der Waals surface area contributed by atoms with Gasteiger partial charge in [0, 0.05) is 180 Å². The van der Waals surface area contributed by atoms with E-state index in [4.69, 9.17) is 120 Å². The number of methoxy groups -OCH3 is 8. The van der Waals surface area contributed by atoms with Gasteiger partial charge in [0.2, 0.25) is 0 Å². The monoisotopic (exact) mass is 1360 g/mol. The van der Waals surface area contributed by atoms with Gasteiger partial charge in [-0.05, 0) is 168 Å². The van der Waals surface area contributed by atoms with Crippen molar-refractivity contribution in [1.82, 2.24) is 19.6 Å². The fourth-order valence-corrected chi connectivity index (χ4v) is 10.4. The summed E-state index contributed by atoms with van der Waals surface area (Å²) in [5, 5.41) is 0. The number of piperidine rings is 4. The molecule has 10 atom stereocenters. The van der Waals surface area contributed by atoms with E-state index in [9.17, 15) is 21.9 Å². The highest BCUT2D eigenvalue weighted by atomic mass is 16.5. The Labute approximate surface area is 649 Å². The van der Waals surface area contributed by atoms with Gasteiger partial charge in [-0.2, -0.15) is 0 Å². The van der Waals surface area contributed by atoms with E-state index in [0.29, 0.717) is 28.5 Å². The number of ether oxygens (including phenoxy) is 8. The molecule has 8 aliphatic heterocycles. The van der Waals surface area contributed by atoms with Crippen LogP contribution in [-0.2, 0) is 44.7 Å². The van der Waals surface area contributed by atoms with E-state index in [1.165, 1.54) is 0 Å². The topological polar surface area (TPSA) is 155 Å². The molecule has 94 heavy (non-hydrogen) atoms. The lowest BCUT2D eigenvalue weighted by molar-refractivity contribution is -0.130. The number of Topliss-reactive ketones (excluding diaryl/α,β-unsaturated/α-hetero) is 4. The largest absolute Gasteiger partial charge is 0.493 e. The van der Waals surface area contributed by atoms with E-state index < -0.39 is 374 Å². The van der Waals surface area contributed by atoms with Gasteiger partial charge in [-0.15, -0.1) is 0 Å². The van der Waals surface area contributed by atoms with Crippen LogP contribution < -0.4 is 37.9 Å². The molecule has 4 saturated heterocycles. The number of hydrogen-bond donors (Lipinski definition) is 0. The van der Waals surface area contributed by atoms with Crippen molar-refractivity contribution < 1.29 is 142 Å². The van der Waals surface area contributed by atoms with Gasteiger partial charge < -0.3 is 37.9 Å². The smallest absolute Gasteiger partial charge is 0.161 e. The second-order valence-corrected chi connectivity index (χ2v) is 22.0. The molecule has 0 amide bonds. The number of carbonyl (C=O) groups excluding carboxylic acids is 4. The van der Waals surface area contributed by atoms with Gasteiger partial charge in [0.25, 0.3) is 0 Å². The molecule has 0 spiro atoms. The predicted molar refractivity (Wildman–Crippen MR) is 370 cm³/mol. The molecule has 0 N–H and O–H groups in total. The zero-order chi connectivity index (χ0) is 122. The molecule has 16 heteroatoms. The number of nitrogens with zero attached hydrogens (tertiary/aromatic N) is 4. The van der Waals surface area contributed by atoms with Crippen LogP contribution in [0.4, 0.5) is 0 Å². The van der Waals surface area contributed by atoms with Crippen LogP contribution >= 0.6 is 0 Å². The average Bonchev–Trinajstić information content (AvgIpc) is 0.647. The van der Waals surface area contributed by atoms with Crippen LogP contribution in [0.1, 0.15) is 273 Å². The Kier molecular flexibility index (Phi) is 9.24. The highest BCUT2D eigenvalue weighted by Crippen LogP contribution is 2.48. The summed E-state index contributed by atoms with van der Waals surface area (Å²) in [6.07, 6.45) is -36.6. The third-order valence-electron chi connectivity index (χ3n) is 14.9. The van der Waals surface area contributed by atoms with Gasteiger partial charge in [0.05, 0.1) is 86.7 Å². The van der Waals surface area contributed by atoms with E-state index in [-0.39, 0.29) is 35.3 Å². The molecule has 4 aromatic carbocycles. The molecule has 0 bridgehead atoms. The summed E-state index contributed by atoms with van der Waals surface area (Å²) < 4.78 is 555. The third kappa shape index (κ3) is 16.4. The Morgan fingerprint density at radius 1 is 0.479 bits per heavy atom. The summed E-state index contributed by atoms with van der Waals surface area (Å²) in [6, 6.07) is -16.3. The Hall–Kier alpha value is -6.20. The number of hydrogen-bond acceptors (Lipinski definition) is 16. The predicted octanol–water partition coefficient (Wildman–Crippen LogP) is 13.7. The number of ketones is 4. The van der Waals surface area contributed by atoms with E-state index in [1.54, 1.807) is 27.7 Å². The molecule has 10 unspecified atom stereocenters. The molecule has 0 aromatic heterocycles. The van der Waals surface area contributed by atoms with Crippen molar-refractivity contribution in [3.05, 3.63) is 92.9 Å². The lowest BCUT2D eigenvalue weighted by Crippen LogP contribution is -2.46. The van der Waals surface area contributed by atoms with E-state index in [1.807, 2.05) is 0 Å². The highest BCUT2D eigenvalue weighted by Gasteiger charge is 2.43. The number of benzene rings is 4. The number of rotatable bonds is 18. The Morgan fingerprint density at radius 2 is 0.883 bits per heavy atom. The molecular weight excluding hydrogens is 1180 g/mol. The van der Waals surface area contributed by atoms with Crippen molar-refractivity contribution in [1.29, 1.82) is 0 Å². The minimum Gasteiger partial charge on any atom is -0.493 e. The summed E-state index contributed by atoms with van der Waals surface area (Å²) in [5.74, 6) is -29.1. The van der Waals surface area contributed by atoms with E-state index in [0.717, 1.165) is 40.6 Å². The van der Waals surface area contributed by atoms with Crippen LogP contribution in [0.15, 0.2) is 48.4 Å². The van der Waals surface area contributed by atoms with Gasteiger partial charge in [0.15, 0.2) is 46.0 Å². The molecule has 516 valence electrons. The van der Waals surface area contributed by atoms with Crippen LogP contribution in [0.2, 0.25) is 0 Å². The molecule has 0 saturated carbocycles. The molecule has 8 heterocycles. The lowest BCUT2D eigenvalue weighted by Gasteiger charge is -2.43. The summed E-state index contributed by atoms with van der Waals surface area (Å²) in [6.45, 7) is -19.7. The second kappa shape index (κ2) is 32.7. The zero-order valence-electron chi connectivity index (χ0n) is 115. The van der Waals surface area contributed by atoms with Gasteiger partial charge in [0.1, 0.15) is 23.1 Å². The van der Waals surface area contributed by atoms with Gasteiger partial charge >= 0.3 is 0 Å². The quantitative estimate of drug-likeness (QED) is 0.0926. The molecular formula is C78H112N4O12. The number of carbonyl (C=O) groups is 4.